The van der Waals surface area contributed by atoms with E-state index in [1.54, 1.807) is 0 Å². The summed E-state index contributed by atoms with van der Waals surface area (Å²) in [5.74, 6) is 0.860. The van der Waals surface area contributed by atoms with Crippen LogP contribution < -0.4 is 0 Å². The molecule has 120 valence electrons. The number of aromatic nitrogens is 2. The molecule has 3 nitrogen and oxygen atoms in total. The van der Waals surface area contributed by atoms with Gasteiger partial charge in [0.2, 0.25) is 0 Å². The average molecular weight is 323 g/mol. The van der Waals surface area contributed by atoms with E-state index in [9.17, 15) is 5.26 Å². The second-order valence-electron chi connectivity index (χ2n) is 5.90. The summed E-state index contributed by atoms with van der Waals surface area (Å²) in [6, 6.07) is 26.5. The number of imidazole rings is 1. The van der Waals surface area contributed by atoms with Gasteiger partial charge in [0.1, 0.15) is 11.9 Å². The maximum absolute atomic E-state index is 9.69. The summed E-state index contributed by atoms with van der Waals surface area (Å²) in [6.07, 6.45) is 0.853. The van der Waals surface area contributed by atoms with E-state index >= 15 is 0 Å². The van der Waals surface area contributed by atoms with Crippen LogP contribution in [0.1, 0.15) is 18.1 Å². The molecule has 3 heteroatoms. The van der Waals surface area contributed by atoms with Crippen molar-refractivity contribution in [2.24, 2.45) is 0 Å². The van der Waals surface area contributed by atoms with Gasteiger partial charge in [-0.15, -0.1) is 0 Å². The van der Waals surface area contributed by atoms with Crippen LogP contribution >= 0.6 is 0 Å². The first-order valence-corrected chi connectivity index (χ1v) is 8.38. The van der Waals surface area contributed by atoms with Gasteiger partial charge in [-0.05, 0) is 30.2 Å². The molecule has 0 fully saturated rings. The summed E-state index contributed by atoms with van der Waals surface area (Å²) in [5, 5.41) is 9.69. The van der Waals surface area contributed by atoms with Crippen LogP contribution in [0.5, 0.6) is 0 Å². The molecule has 0 aliphatic heterocycles. The van der Waals surface area contributed by atoms with Gasteiger partial charge in [-0.2, -0.15) is 5.26 Å². The Morgan fingerprint density at radius 2 is 1.68 bits per heavy atom. The van der Waals surface area contributed by atoms with Gasteiger partial charge in [0.25, 0.3) is 0 Å². The third-order valence-electron chi connectivity index (χ3n) is 4.44. The van der Waals surface area contributed by atoms with Gasteiger partial charge >= 0.3 is 0 Å². The molecular formula is C22H17N3. The van der Waals surface area contributed by atoms with Crippen LogP contribution in [0.25, 0.3) is 28.1 Å². The first-order chi connectivity index (χ1) is 12.3. The first-order valence-electron chi connectivity index (χ1n) is 8.38. The van der Waals surface area contributed by atoms with E-state index in [1.807, 2.05) is 48.5 Å². The number of benzene rings is 3. The van der Waals surface area contributed by atoms with E-state index in [-0.39, 0.29) is 0 Å². The Bertz CT molecular complexity index is 1090. The highest BCUT2D eigenvalue weighted by Crippen LogP contribution is 2.32. The Kier molecular flexibility index (Phi) is 3.80. The molecular weight excluding hydrogens is 306 g/mol. The molecule has 1 heterocycles. The number of nitrogens with zero attached hydrogens (tertiary/aromatic N) is 3. The Labute approximate surface area is 146 Å². The summed E-state index contributed by atoms with van der Waals surface area (Å²) in [6.45, 7) is 2.11. The number of fused-ring (bicyclic) bond motifs is 1. The van der Waals surface area contributed by atoms with Gasteiger partial charge in [-0.25, -0.2) is 4.98 Å². The minimum absolute atomic E-state index is 0.666. The van der Waals surface area contributed by atoms with Crippen molar-refractivity contribution < 1.29 is 0 Å². The number of hydrogen-bond acceptors (Lipinski definition) is 2. The average Bonchev–Trinajstić information content (AvgIpc) is 3.07. The standard InChI is InChI=1S/C22H17N3/c1-2-16-11-8-12-18(15-23)21(16)25-20-14-7-6-13-19(20)24-22(25)17-9-4-3-5-10-17/h3-14H,2H2,1H3. The fourth-order valence-corrected chi connectivity index (χ4v) is 3.26. The van der Waals surface area contributed by atoms with Crippen LogP contribution in [0.4, 0.5) is 0 Å². The largest absolute Gasteiger partial charge is 0.291 e. The number of hydrogen-bond donors (Lipinski definition) is 0. The summed E-state index contributed by atoms with van der Waals surface area (Å²) in [4.78, 5) is 4.86. The molecule has 0 amide bonds. The second-order valence-corrected chi connectivity index (χ2v) is 5.90. The van der Waals surface area contributed by atoms with Crippen molar-refractivity contribution in [1.82, 2.24) is 9.55 Å². The lowest BCUT2D eigenvalue weighted by Crippen LogP contribution is -2.04. The van der Waals surface area contributed by atoms with E-state index in [0.717, 1.165) is 40.1 Å². The summed E-state index contributed by atoms with van der Waals surface area (Å²) in [5.41, 5.74) is 5.71. The summed E-state index contributed by atoms with van der Waals surface area (Å²) >= 11 is 0. The summed E-state index contributed by atoms with van der Waals surface area (Å²) in [7, 11) is 0. The first kappa shape index (κ1) is 15.2. The van der Waals surface area contributed by atoms with Gasteiger partial charge in [-0.3, -0.25) is 4.57 Å². The van der Waals surface area contributed by atoms with Crippen molar-refractivity contribution >= 4 is 11.0 Å². The Morgan fingerprint density at radius 3 is 2.44 bits per heavy atom. The lowest BCUT2D eigenvalue weighted by molar-refractivity contribution is 1.03. The molecule has 0 radical (unpaired) electrons. The van der Waals surface area contributed by atoms with Crippen LogP contribution in [-0.2, 0) is 6.42 Å². The minimum Gasteiger partial charge on any atom is -0.291 e. The van der Waals surface area contributed by atoms with Crippen molar-refractivity contribution in [2.45, 2.75) is 13.3 Å². The molecule has 0 N–H and O–H groups in total. The van der Waals surface area contributed by atoms with Crippen LogP contribution in [0.3, 0.4) is 0 Å². The Morgan fingerprint density at radius 1 is 0.920 bits per heavy atom. The van der Waals surface area contributed by atoms with Crippen molar-refractivity contribution in [3.8, 4) is 23.1 Å². The van der Waals surface area contributed by atoms with E-state index in [0.29, 0.717) is 5.56 Å². The molecule has 4 rings (SSSR count). The van der Waals surface area contributed by atoms with Gasteiger partial charge < -0.3 is 0 Å². The second kappa shape index (κ2) is 6.26. The van der Waals surface area contributed by atoms with E-state index < -0.39 is 0 Å². The zero-order valence-electron chi connectivity index (χ0n) is 14.0. The Balaban J connectivity index is 2.14. The van der Waals surface area contributed by atoms with Gasteiger partial charge in [0.15, 0.2) is 0 Å². The molecule has 3 aromatic carbocycles. The predicted molar refractivity (Wildman–Crippen MR) is 101 cm³/mol. The molecule has 25 heavy (non-hydrogen) atoms. The lowest BCUT2D eigenvalue weighted by Gasteiger charge is -2.15. The smallest absolute Gasteiger partial charge is 0.145 e. The van der Waals surface area contributed by atoms with Gasteiger partial charge in [-0.1, -0.05) is 61.5 Å². The third-order valence-corrected chi connectivity index (χ3v) is 4.44. The van der Waals surface area contributed by atoms with Crippen molar-refractivity contribution in [2.75, 3.05) is 0 Å². The molecule has 0 aliphatic rings. The summed E-state index contributed by atoms with van der Waals surface area (Å²) < 4.78 is 2.13. The molecule has 1 aromatic heterocycles. The molecule has 0 saturated heterocycles. The monoisotopic (exact) mass is 323 g/mol. The molecule has 0 atom stereocenters. The number of rotatable bonds is 3. The zero-order valence-corrected chi connectivity index (χ0v) is 14.0. The van der Waals surface area contributed by atoms with Crippen LogP contribution in [0.2, 0.25) is 0 Å². The van der Waals surface area contributed by atoms with E-state index in [4.69, 9.17) is 4.98 Å². The minimum atomic E-state index is 0.666. The molecule has 0 spiro atoms. The van der Waals surface area contributed by atoms with Crippen molar-refractivity contribution in [3.63, 3.8) is 0 Å². The fourth-order valence-electron chi connectivity index (χ4n) is 3.26. The Hall–Kier alpha value is -3.38. The quantitative estimate of drug-likeness (QED) is 0.524. The molecule has 0 unspecified atom stereocenters. The van der Waals surface area contributed by atoms with Crippen LogP contribution in [-0.4, -0.2) is 9.55 Å². The molecule has 0 bridgehead atoms. The predicted octanol–water partition coefficient (Wildman–Crippen LogP) is 5.13. The van der Waals surface area contributed by atoms with E-state index in [1.165, 1.54) is 0 Å². The lowest BCUT2D eigenvalue weighted by atomic mass is 10.0. The zero-order chi connectivity index (χ0) is 17.2. The van der Waals surface area contributed by atoms with Crippen molar-refractivity contribution in [1.29, 1.82) is 5.26 Å². The number of para-hydroxylation sites is 3. The highest BCUT2D eigenvalue weighted by atomic mass is 15.1. The molecule has 4 aromatic rings. The third kappa shape index (κ3) is 2.49. The highest BCUT2D eigenvalue weighted by Gasteiger charge is 2.18. The normalized spacial score (nSPS) is 10.7. The van der Waals surface area contributed by atoms with Crippen LogP contribution in [0, 0.1) is 11.3 Å². The maximum Gasteiger partial charge on any atom is 0.145 e. The number of aryl methyl sites for hydroxylation is 1. The van der Waals surface area contributed by atoms with Gasteiger partial charge in [0.05, 0.1) is 22.3 Å². The van der Waals surface area contributed by atoms with Crippen LogP contribution in [0.15, 0.2) is 72.8 Å². The number of nitriles is 1. The molecule has 0 saturated carbocycles. The van der Waals surface area contributed by atoms with E-state index in [2.05, 4.69) is 41.8 Å². The molecule has 0 aliphatic carbocycles. The maximum atomic E-state index is 9.69. The highest BCUT2D eigenvalue weighted by molar-refractivity contribution is 5.84. The fraction of sp³-hybridized carbons (Fsp3) is 0.0909. The van der Waals surface area contributed by atoms with Crippen molar-refractivity contribution in [3.05, 3.63) is 83.9 Å². The van der Waals surface area contributed by atoms with Gasteiger partial charge in [0, 0.05) is 5.56 Å². The SMILES string of the molecule is CCc1cccc(C#N)c1-n1c(-c2ccccc2)nc2ccccc21. The topological polar surface area (TPSA) is 41.6 Å².